The van der Waals surface area contributed by atoms with Gasteiger partial charge in [0.25, 0.3) is 5.91 Å². The molecule has 31 heavy (non-hydrogen) atoms. The van der Waals surface area contributed by atoms with Gasteiger partial charge in [-0.1, -0.05) is 25.3 Å². The number of nitrogens with zero attached hydrogens (tertiary/aromatic N) is 3. The van der Waals surface area contributed by atoms with Crippen LogP contribution in [-0.4, -0.2) is 70.4 Å². The Kier molecular flexibility index (Phi) is 6.73. The van der Waals surface area contributed by atoms with Crippen molar-refractivity contribution in [1.82, 2.24) is 24.4 Å². The van der Waals surface area contributed by atoms with Gasteiger partial charge in [-0.05, 0) is 5.92 Å². The summed E-state index contributed by atoms with van der Waals surface area (Å²) in [7, 11) is -4.26. The Morgan fingerprint density at radius 2 is 2.10 bits per heavy atom. The van der Waals surface area contributed by atoms with Crippen LogP contribution in [0, 0.1) is 5.92 Å². The Labute approximate surface area is 178 Å². The average Bonchev–Trinajstić information content (AvgIpc) is 3.27. The molecule has 0 bridgehead atoms. The molecule has 1 aliphatic rings. The summed E-state index contributed by atoms with van der Waals surface area (Å²) in [6.07, 6.45) is -1.69. The fraction of sp³-hybridized carbons (Fsp3) is 0.625. The van der Waals surface area contributed by atoms with E-state index in [4.69, 9.17) is 16.2 Å². The number of fused-ring (bicyclic) bond motifs is 1. The molecule has 2 aromatic heterocycles. The fourth-order valence-electron chi connectivity index (χ4n) is 3.18. The summed E-state index contributed by atoms with van der Waals surface area (Å²) in [6.45, 7) is 3.16. The molecule has 0 saturated carbocycles. The van der Waals surface area contributed by atoms with E-state index in [1.807, 2.05) is 11.6 Å². The zero-order chi connectivity index (χ0) is 22.9. The van der Waals surface area contributed by atoms with Gasteiger partial charge in [0.15, 0.2) is 18.5 Å². The first-order chi connectivity index (χ1) is 14.6. The fourth-order valence-corrected chi connectivity index (χ4v) is 4.04. The van der Waals surface area contributed by atoms with E-state index >= 15 is 0 Å². The molecule has 0 unspecified atom stereocenters. The van der Waals surface area contributed by atoms with E-state index < -0.39 is 53.2 Å². The zero-order valence-corrected chi connectivity index (χ0v) is 17.8. The summed E-state index contributed by atoms with van der Waals surface area (Å²) in [4.78, 5) is 22.8. The second kappa shape index (κ2) is 8.97. The van der Waals surface area contributed by atoms with Gasteiger partial charge in [0.2, 0.25) is 11.7 Å². The molecule has 1 fully saturated rings. The lowest BCUT2D eigenvalue weighted by Crippen LogP contribution is -2.51. The summed E-state index contributed by atoms with van der Waals surface area (Å²) in [5.74, 6) is -0.871. The summed E-state index contributed by atoms with van der Waals surface area (Å²) in [6, 6.07) is -0.992. The number of H-pyrrole nitrogens is 1. The number of aromatic nitrogens is 4. The summed E-state index contributed by atoms with van der Waals surface area (Å²) in [5.41, 5.74) is 12.3. The number of hydrogen-bond acceptors (Lipinski definition) is 10. The number of carbonyl (C=O) groups excluding carboxylic acids is 1. The highest BCUT2D eigenvalue weighted by molar-refractivity contribution is 7.88. The standard InChI is InChI=1S/C16H26N8O6S/c1-3-7(2)9(17)15(27)23-31(28,29)22-4-8-11(25)12(26)16(30-8)24-6-21-10-13(18)19-5-20-14(10)24/h5-9,11-12,16,22,25-26H,3-4,17H2,1-2H3,(H3,18,19,20,23,27)/p+1/t7-,8+,9-,11+,12+,16+/m0/s1. The van der Waals surface area contributed by atoms with Crippen LogP contribution in [0.1, 0.15) is 26.5 Å². The van der Waals surface area contributed by atoms with Crippen molar-refractivity contribution in [3.05, 3.63) is 12.7 Å². The Hall–Kier alpha value is -2.43. The van der Waals surface area contributed by atoms with E-state index in [-0.39, 0.29) is 11.7 Å². The number of nitrogens with one attached hydrogen (secondary N) is 3. The Balaban J connectivity index is 1.66. The molecule has 6 atom stereocenters. The first-order valence-electron chi connectivity index (χ1n) is 9.62. The SMILES string of the molecule is CC[C@H](C)[C@H](N)C(=O)NS(=O)(=O)NC[C@H]1O[C@@H]([n+]2c[nH]c3c(N)ncnc32)[C@H](O)[C@@H]1O. The van der Waals surface area contributed by atoms with Crippen molar-refractivity contribution in [2.75, 3.05) is 12.3 Å². The molecule has 1 saturated heterocycles. The molecule has 0 aliphatic carbocycles. The summed E-state index contributed by atoms with van der Waals surface area (Å²) >= 11 is 0. The van der Waals surface area contributed by atoms with Gasteiger partial charge in [-0.15, -0.1) is 0 Å². The molecule has 9 N–H and O–H groups in total. The van der Waals surface area contributed by atoms with Crippen LogP contribution in [-0.2, 0) is 19.7 Å². The molecule has 3 heterocycles. The number of aromatic amines is 1. The smallest absolute Gasteiger partial charge is 0.309 e. The van der Waals surface area contributed by atoms with Crippen molar-refractivity contribution in [3.8, 4) is 0 Å². The first kappa shape index (κ1) is 23.2. The third-order valence-corrected chi connectivity index (χ3v) is 6.35. The van der Waals surface area contributed by atoms with Crippen molar-refractivity contribution in [3.63, 3.8) is 0 Å². The van der Waals surface area contributed by atoms with Crippen LogP contribution in [0.4, 0.5) is 5.82 Å². The molecule has 15 heteroatoms. The molecule has 0 spiro atoms. The van der Waals surface area contributed by atoms with Crippen LogP contribution < -0.4 is 25.5 Å². The number of aliphatic hydroxyl groups is 2. The molecule has 3 rings (SSSR count). The van der Waals surface area contributed by atoms with Crippen LogP contribution in [0.5, 0.6) is 0 Å². The van der Waals surface area contributed by atoms with E-state index in [1.54, 1.807) is 6.92 Å². The molecule has 1 aliphatic heterocycles. The van der Waals surface area contributed by atoms with E-state index in [2.05, 4.69) is 19.7 Å². The minimum Gasteiger partial charge on any atom is -0.387 e. The maximum Gasteiger partial charge on any atom is 0.309 e. The third kappa shape index (κ3) is 4.76. The number of nitrogens with two attached hydrogens (primary N) is 2. The normalized spacial score (nSPS) is 26.1. The molecule has 1 amide bonds. The van der Waals surface area contributed by atoms with E-state index in [9.17, 15) is 23.4 Å². The van der Waals surface area contributed by atoms with Gasteiger partial charge >= 0.3 is 15.9 Å². The van der Waals surface area contributed by atoms with Crippen LogP contribution >= 0.6 is 0 Å². The van der Waals surface area contributed by atoms with E-state index in [1.165, 1.54) is 17.2 Å². The highest BCUT2D eigenvalue weighted by Crippen LogP contribution is 2.26. The number of hydrogen-bond donors (Lipinski definition) is 7. The van der Waals surface area contributed by atoms with Gasteiger partial charge in [0, 0.05) is 6.54 Å². The zero-order valence-electron chi connectivity index (χ0n) is 17.0. The van der Waals surface area contributed by atoms with E-state index in [0.29, 0.717) is 17.6 Å². The first-order valence-corrected chi connectivity index (χ1v) is 11.1. The predicted molar refractivity (Wildman–Crippen MR) is 107 cm³/mol. The van der Waals surface area contributed by atoms with Crippen molar-refractivity contribution in [2.24, 2.45) is 11.7 Å². The van der Waals surface area contributed by atoms with E-state index in [0.717, 1.165) is 0 Å². The number of ether oxygens (including phenoxy) is 1. The highest BCUT2D eigenvalue weighted by atomic mass is 32.2. The van der Waals surface area contributed by atoms with Crippen LogP contribution in [0.3, 0.4) is 0 Å². The topological polar surface area (TPSA) is 222 Å². The Morgan fingerprint density at radius 1 is 1.39 bits per heavy atom. The second-order valence-electron chi connectivity index (χ2n) is 7.41. The Bertz CT molecular complexity index is 1050. The number of rotatable bonds is 8. The maximum atomic E-state index is 12.2. The molecule has 0 radical (unpaired) electrons. The number of amides is 1. The molecular weight excluding hydrogens is 432 g/mol. The number of nitrogen functional groups attached to an aromatic ring is 1. The van der Waals surface area contributed by atoms with Crippen molar-refractivity contribution >= 4 is 33.1 Å². The predicted octanol–water partition coefficient (Wildman–Crippen LogP) is -3.23. The second-order valence-corrected chi connectivity index (χ2v) is 8.91. The molecule has 2 aromatic rings. The third-order valence-electron chi connectivity index (χ3n) is 5.33. The lowest BCUT2D eigenvalue weighted by molar-refractivity contribution is -0.745. The number of anilines is 1. The maximum absolute atomic E-state index is 12.2. The molecule has 14 nitrogen and oxygen atoms in total. The highest BCUT2D eigenvalue weighted by Gasteiger charge is 2.46. The Morgan fingerprint density at radius 3 is 2.77 bits per heavy atom. The van der Waals surface area contributed by atoms with Crippen molar-refractivity contribution in [2.45, 2.75) is 50.8 Å². The molecule has 0 aromatic carbocycles. The van der Waals surface area contributed by atoms with Crippen LogP contribution in [0.25, 0.3) is 11.2 Å². The monoisotopic (exact) mass is 459 g/mol. The minimum atomic E-state index is -4.26. The lowest BCUT2D eigenvalue weighted by Gasteiger charge is -2.19. The van der Waals surface area contributed by atoms with Gasteiger partial charge in [-0.25, -0.2) is 9.29 Å². The van der Waals surface area contributed by atoms with Crippen molar-refractivity contribution in [1.29, 1.82) is 0 Å². The summed E-state index contributed by atoms with van der Waals surface area (Å²) < 4.78 is 35.4. The minimum absolute atomic E-state index is 0.187. The van der Waals surface area contributed by atoms with Crippen LogP contribution in [0.2, 0.25) is 0 Å². The number of aliphatic hydroxyl groups excluding tert-OH is 2. The van der Waals surface area contributed by atoms with Gasteiger partial charge in [-0.3, -0.25) is 9.78 Å². The van der Waals surface area contributed by atoms with Gasteiger partial charge in [0.05, 0.1) is 6.04 Å². The molecular formula is C16H27N8O6S+. The van der Waals surface area contributed by atoms with Crippen molar-refractivity contribution < 1.29 is 32.7 Å². The van der Waals surface area contributed by atoms with Gasteiger partial charge in [0.1, 0.15) is 18.3 Å². The lowest BCUT2D eigenvalue weighted by atomic mass is 10.00. The number of imidazole rings is 1. The largest absolute Gasteiger partial charge is 0.387 e. The summed E-state index contributed by atoms with van der Waals surface area (Å²) in [5, 5.41) is 20.7. The quantitative estimate of drug-likeness (QED) is 0.195. The average molecular weight is 460 g/mol. The van der Waals surface area contributed by atoms with Crippen LogP contribution in [0.15, 0.2) is 12.7 Å². The van der Waals surface area contributed by atoms with Gasteiger partial charge < -0.3 is 26.4 Å². The van der Waals surface area contributed by atoms with Gasteiger partial charge in [-0.2, -0.15) is 18.1 Å². The molecule has 172 valence electrons. The number of carbonyl (C=O) groups is 1.